The molecule has 90 valence electrons. The van der Waals surface area contributed by atoms with Gasteiger partial charge in [0.1, 0.15) is 0 Å². The summed E-state index contributed by atoms with van der Waals surface area (Å²) >= 11 is 0. The Balaban J connectivity index is 3.86. The van der Waals surface area contributed by atoms with Crippen molar-refractivity contribution in [3.63, 3.8) is 0 Å². The number of carbonyl (C=O) groups excluding carboxylic acids is 1. The van der Waals surface area contributed by atoms with Crippen LogP contribution >= 0.6 is 0 Å². The fraction of sp³-hybridized carbons (Fsp3) is 0.889. The summed E-state index contributed by atoms with van der Waals surface area (Å²) in [5.41, 5.74) is 0. The predicted octanol–water partition coefficient (Wildman–Crippen LogP) is 1.64. The molecule has 0 unspecified atom stereocenters. The maximum absolute atomic E-state index is 11.3. The lowest BCUT2D eigenvalue weighted by molar-refractivity contribution is 0.152. The summed E-state index contributed by atoms with van der Waals surface area (Å²) in [6.45, 7) is 4.05. The van der Waals surface area contributed by atoms with Crippen molar-refractivity contribution in [3.05, 3.63) is 0 Å². The average Bonchev–Trinajstić information content (AvgIpc) is 2.14. The highest BCUT2D eigenvalue weighted by Gasteiger charge is 2.14. The van der Waals surface area contributed by atoms with Crippen LogP contribution in [0.4, 0.5) is 4.79 Å². The van der Waals surface area contributed by atoms with Crippen LogP contribution in [0.15, 0.2) is 0 Å². The van der Waals surface area contributed by atoms with Crippen molar-refractivity contribution >= 4 is 16.1 Å². The van der Waals surface area contributed by atoms with E-state index in [1.807, 2.05) is 18.6 Å². The first-order valence-electron chi connectivity index (χ1n) is 5.19. The Morgan fingerprint density at radius 2 is 1.87 bits per heavy atom. The van der Waals surface area contributed by atoms with E-state index < -0.39 is 16.1 Å². The van der Waals surface area contributed by atoms with Crippen LogP contribution in [-0.2, 0) is 14.8 Å². The van der Waals surface area contributed by atoms with Gasteiger partial charge in [-0.2, -0.15) is 0 Å². The van der Waals surface area contributed by atoms with E-state index in [2.05, 4.69) is 4.74 Å². The first-order valence-corrected chi connectivity index (χ1v) is 6.84. The second-order valence-electron chi connectivity index (χ2n) is 3.26. The van der Waals surface area contributed by atoms with Crippen LogP contribution in [0.3, 0.4) is 0 Å². The summed E-state index contributed by atoms with van der Waals surface area (Å²) in [5.74, 6) is -0.0257. The van der Waals surface area contributed by atoms with Gasteiger partial charge in [0.25, 0.3) is 0 Å². The number of rotatable bonds is 7. The largest absolute Gasteiger partial charge is 0.449 e. The molecule has 0 radical (unpaired) electrons. The summed E-state index contributed by atoms with van der Waals surface area (Å²) in [5, 5.41) is 0. The first kappa shape index (κ1) is 14.2. The zero-order chi connectivity index (χ0) is 11.7. The summed E-state index contributed by atoms with van der Waals surface area (Å²) in [6, 6.07) is 0. The van der Waals surface area contributed by atoms with Gasteiger partial charge in [0.05, 0.1) is 12.4 Å². The molecule has 0 rings (SSSR count). The number of amides is 1. The Hall–Kier alpha value is -0.780. The van der Waals surface area contributed by atoms with Crippen LogP contribution in [0.25, 0.3) is 0 Å². The van der Waals surface area contributed by atoms with Gasteiger partial charge in [-0.3, -0.25) is 0 Å². The topological polar surface area (TPSA) is 72.5 Å². The second kappa shape index (κ2) is 7.50. The van der Waals surface area contributed by atoms with Crippen molar-refractivity contribution in [3.8, 4) is 0 Å². The molecule has 0 atom stereocenters. The van der Waals surface area contributed by atoms with Crippen LogP contribution < -0.4 is 4.72 Å². The average molecular weight is 237 g/mol. The maximum atomic E-state index is 11.3. The highest BCUT2D eigenvalue weighted by atomic mass is 32.2. The number of ether oxygens (including phenoxy) is 1. The quantitative estimate of drug-likeness (QED) is 0.683. The Bertz CT molecular complexity index is 274. The van der Waals surface area contributed by atoms with E-state index in [1.54, 1.807) is 0 Å². The fourth-order valence-electron chi connectivity index (χ4n) is 0.944. The first-order chi connectivity index (χ1) is 7.02. The Morgan fingerprint density at radius 3 is 2.40 bits per heavy atom. The minimum Gasteiger partial charge on any atom is -0.449 e. The third kappa shape index (κ3) is 8.23. The Morgan fingerprint density at radius 1 is 1.20 bits per heavy atom. The minimum atomic E-state index is -3.51. The molecule has 1 N–H and O–H groups in total. The molecule has 0 aliphatic rings. The predicted molar refractivity (Wildman–Crippen MR) is 58.1 cm³/mol. The number of carbonyl (C=O) groups is 1. The van der Waals surface area contributed by atoms with Gasteiger partial charge in [0.2, 0.25) is 10.0 Å². The van der Waals surface area contributed by atoms with Gasteiger partial charge >= 0.3 is 6.09 Å². The third-order valence-electron chi connectivity index (χ3n) is 1.69. The normalized spacial score (nSPS) is 11.1. The lowest BCUT2D eigenvalue weighted by Gasteiger charge is -2.06. The van der Waals surface area contributed by atoms with E-state index in [1.165, 1.54) is 0 Å². The SMILES string of the molecule is CCCCCS(=O)(=O)NC(=O)OCCC. The molecular weight excluding hydrogens is 218 g/mol. The molecule has 0 aromatic carbocycles. The van der Waals surface area contributed by atoms with E-state index in [4.69, 9.17) is 0 Å². The zero-order valence-corrected chi connectivity index (χ0v) is 10.1. The number of nitrogens with one attached hydrogen (secondary N) is 1. The van der Waals surface area contributed by atoms with Crippen LogP contribution in [0.5, 0.6) is 0 Å². The summed E-state index contributed by atoms with van der Waals surface area (Å²) in [6.07, 6.45) is 2.13. The molecule has 0 heterocycles. The van der Waals surface area contributed by atoms with Crippen molar-refractivity contribution in [1.82, 2.24) is 4.72 Å². The molecule has 0 aromatic rings. The number of hydrogen-bond donors (Lipinski definition) is 1. The van der Waals surface area contributed by atoms with Crippen molar-refractivity contribution < 1.29 is 17.9 Å². The molecule has 0 aliphatic carbocycles. The molecule has 0 fully saturated rings. The molecule has 5 nitrogen and oxygen atoms in total. The van der Waals surface area contributed by atoms with Crippen molar-refractivity contribution in [2.45, 2.75) is 39.5 Å². The molecule has 6 heteroatoms. The van der Waals surface area contributed by atoms with Gasteiger partial charge in [-0.15, -0.1) is 0 Å². The van der Waals surface area contributed by atoms with Crippen LogP contribution in [0, 0.1) is 0 Å². The standard InChI is InChI=1S/C9H19NO4S/c1-3-5-6-8-15(12,13)10-9(11)14-7-4-2/h3-8H2,1-2H3,(H,10,11). The molecule has 0 bridgehead atoms. The van der Waals surface area contributed by atoms with Crippen LogP contribution in [0.1, 0.15) is 39.5 Å². The Labute approximate surface area is 91.2 Å². The summed E-state index contributed by atoms with van der Waals surface area (Å²) in [7, 11) is -3.51. The monoisotopic (exact) mass is 237 g/mol. The van der Waals surface area contributed by atoms with E-state index in [0.717, 1.165) is 12.8 Å². The molecule has 0 aromatic heterocycles. The molecule has 0 spiro atoms. The van der Waals surface area contributed by atoms with Gasteiger partial charge in [0, 0.05) is 0 Å². The highest BCUT2D eigenvalue weighted by Crippen LogP contribution is 1.98. The highest BCUT2D eigenvalue weighted by molar-refractivity contribution is 7.90. The molecule has 15 heavy (non-hydrogen) atoms. The van der Waals surface area contributed by atoms with E-state index in [-0.39, 0.29) is 12.4 Å². The molecule has 0 saturated carbocycles. The number of sulfonamides is 1. The summed E-state index contributed by atoms with van der Waals surface area (Å²) < 4.78 is 29.0. The van der Waals surface area contributed by atoms with E-state index >= 15 is 0 Å². The zero-order valence-electron chi connectivity index (χ0n) is 9.28. The van der Waals surface area contributed by atoms with E-state index in [0.29, 0.717) is 12.8 Å². The third-order valence-corrected chi connectivity index (χ3v) is 3.00. The van der Waals surface area contributed by atoms with Gasteiger partial charge in [-0.25, -0.2) is 17.9 Å². The molecule has 0 aliphatic heterocycles. The van der Waals surface area contributed by atoms with Gasteiger partial charge in [0.15, 0.2) is 0 Å². The molecular formula is C9H19NO4S. The van der Waals surface area contributed by atoms with Crippen molar-refractivity contribution in [2.75, 3.05) is 12.4 Å². The van der Waals surface area contributed by atoms with Crippen molar-refractivity contribution in [2.24, 2.45) is 0 Å². The maximum Gasteiger partial charge on any atom is 0.420 e. The lowest BCUT2D eigenvalue weighted by Crippen LogP contribution is -2.33. The smallest absolute Gasteiger partial charge is 0.420 e. The van der Waals surface area contributed by atoms with Gasteiger partial charge < -0.3 is 4.74 Å². The van der Waals surface area contributed by atoms with Crippen molar-refractivity contribution in [1.29, 1.82) is 0 Å². The second-order valence-corrected chi connectivity index (χ2v) is 5.11. The van der Waals surface area contributed by atoms with E-state index in [9.17, 15) is 13.2 Å². The summed E-state index contributed by atoms with van der Waals surface area (Å²) in [4.78, 5) is 10.9. The van der Waals surface area contributed by atoms with Crippen LogP contribution in [-0.4, -0.2) is 26.9 Å². The fourth-order valence-corrected chi connectivity index (χ4v) is 1.94. The molecule has 1 amide bonds. The van der Waals surface area contributed by atoms with Gasteiger partial charge in [-0.1, -0.05) is 26.7 Å². The van der Waals surface area contributed by atoms with Crippen LogP contribution in [0.2, 0.25) is 0 Å². The number of hydrogen-bond acceptors (Lipinski definition) is 4. The van der Waals surface area contributed by atoms with Gasteiger partial charge in [-0.05, 0) is 12.8 Å². The Kier molecular flexibility index (Phi) is 7.11. The molecule has 0 saturated heterocycles. The minimum absolute atomic E-state index is 0.0257. The number of unbranched alkanes of at least 4 members (excludes halogenated alkanes) is 2. The lowest BCUT2D eigenvalue weighted by atomic mass is 10.3.